The fourth-order valence-electron chi connectivity index (χ4n) is 2.85. The molecule has 1 atom stereocenters. The monoisotopic (exact) mass is 306 g/mol. The van der Waals surface area contributed by atoms with Gasteiger partial charge in [-0.1, -0.05) is 12.1 Å². The number of ether oxygens (including phenoxy) is 1. The smallest absolute Gasteiger partial charge is 0.170 e. The van der Waals surface area contributed by atoms with Crippen LogP contribution in [0.2, 0.25) is 0 Å². The largest absolute Gasteiger partial charge is 0.494 e. The van der Waals surface area contributed by atoms with Gasteiger partial charge in [0.2, 0.25) is 0 Å². The Morgan fingerprint density at radius 2 is 2.10 bits per heavy atom. The Hall–Kier alpha value is -1.43. The minimum absolute atomic E-state index is 0.0477. The number of benzene rings is 1. The zero-order valence-electron chi connectivity index (χ0n) is 12.0. The minimum atomic E-state index is -0.255. The molecule has 0 spiro atoms. The first-order valence-corrected chi connectivity index (χ1v) is 8.05. The molecule has 1 saturated heterocycles. The molecule has 0 bridgehead atoms. The van der Waals surface area contributed by atoms with Crippen LogP contribution < -0.4 is 10.1 Å². The molecule has 2 heterocycles. The van der Waals surface area contributed by atoms with Gasteiger partial charge in [0.05, 0.1) is 13.2 Å². The highest BCUT2D eigenvalue weighted by Gasteiger charge is 2.27. The summed E-state index contributed by atoms with van der Waals surface area (Å²) < 4.78 is 19.8. The molecule has 0 saturated carbocycles. The number of hydrogen-bond donors (Lipinski definition) is 1. The van der Waals surface area contributed by atoms with Crippen molar-refractivity contribution in [2.24, 2.45) is 0 Å². The zero-order valence-corrected chi connectivity index (χ0v) is 12.8. The number of rotatable bonds is 4. The van der Waals surface area contributed by atoms with E-state index in [1.165, 1.54) is 7.11 Å². The van der Waals surface area contributed by atoms with Crippen LogP contribution >= 0.6 is 11.3 Å². The van der Waals surface area contributed by atoms with Gasteiger partial charge in [-0.2, -0.15) is 11.3 Å². The van der Waals surface area contributed by atoms with Gasteiger partial charge in [-0.05, 0) is 28.5 Å². The van der Waals surface area contributed by atoms with Gasteiger partial charge in [0.1, 0.15) is 0 Å². The van der Waals surface area contributed by atoms with Crippen molar-refractivity contribution in [3.8, 4) is 5.75 Å². The molecule has 1 fully saturated rings. The lowest BCUT2D eigenvalue weighted by Crippen LogP contribution is -2.45. The molecule has 1 aliphatic rings. The number of halogens is 1. The van der Waals surface area contributed by atoms with Crippen molar-refractivity contribution >= 4 is 11.3 Å². The van der Waals surface area contributed by atoms with Crippen LogP contribution in [0.3, 0.4) is 0 Å². The number of methoxy groups -OCH3 is 1. The second-order valence-corrected chi connectivity index (χ2v) is 5.89. The third kappa shape index (κ3) is 2.95. The molecule has 1 aliphatic heterocycles. The lowest BCUT2D eigenvalue weighted by atomic mass is 9.98. The van der Waals surface area contributed by atoms with Crippen molar-refractivity contribution < 1.29 is 9.13 Å². The van der Waals surface area contributed by atoms with Gasteiger partial charge in [-0.25, -0.2) is 4.39 Å². The van der Waals surface area contributed by atoms with Crippen molar-refractivity contribution in [1.82, 2.24) is 10.2 Å². The maximum Gasteiger partial charge on any atom is 0.170 e. The van der Waals surface area contributed by atoms with Crippen molar-refractivity contribution in [3.63, 3.8) is 0 Å². The van der Waals surface area contributed by atoms with E-state index in [1.807, 2.05) is 17.5 Å². The van der Waals surface area contributed by atoms with Crippen molar-refractivity contribution in [3.05, 3.63) is 52.0 Å². The number of nitrogens with one attached hydrogen (secondary N) is 1. The normalized spacial score (nSPS) is 17.6. The van der Waals surface area contributed by atoms with Crippen LogP contribution in [0.4, 0.5) is 4.39 Å². The summed E-state index contributed by atoms with van der Waals surface area (Å²) in [6.45, 7) is 3.70. The first kappa shape index (κ1) is 14.5. The molecule has 0 unspecified atom stereocenters. The Labute approximate surface area is 128 Å². The van der Waals surface area contributed by atoms with Gasteiger partial charge in [-0.15, -0.1) is 0 Å². The van der Waals surface area contributed by atoms with E-state index in [-0.39, 0.29) is 11.9 Å². The Morgan fingerprint density at radius 1 is 1.29 bits per heavy atom. The first-order valence-electron chi connectivity index (χ1n) is 7.10. The van der Waals surface area contributed by atoms with Crippen molar-refractivity contribution in [2.75, 3.05) is 33.3 Å². The van der Waals surface area contributed by atoms with Crippen LogP contribution in [0.15, 0.2) is 35.0 Å². The average Bonchev–Trinajstić information content (AvgIpc) is 3.04. The first-order chi connectivity index (χ1) is 10.3. The predicted octanol–water partition coefficient (Wildman–Crippen LogP) is 2.89. The molecule has 1 aromatic carbocycles. The fraction of sp³-hybridized carbons (Fsp3) is 0.375. The van der Waals surface area contributed by atoms with Crippen LogP contribution in [-0.2, 0) is 0 Å². The van der Waals surface area contributed by atoms with E-state index in [1.54, 1.807) is 17.4 Å². The van der Waals surface area contributed by atoms with Crippen LogP contribution in [0.5, 0.6) is 5.75 Å². The topological polar surface area (TPSA) is 24.5 Å². The summed E-state index contributed by atoms with van der Waals surface area (Å²) in [5.74, 6) is 0.0533. The summed E-state index contributed by atoms with van der Waals surface area (Å²) in [5, 5.41) is 7.49. The molecule has 3 nitrogen and oxygen atoms in total. The number of thiophene rings is 1. The summed E-state index contributed by atoms with van der Waals surface area (Å²) in [5.41, 5.74) is 1.84. The van der Waals surface area contributed by atoms with E-state index in [0.29, 0.717) is 11.3 Å². The summed E-state index contributed by atoms with van der Waals surface area (Å²) >= 11 is 1.65. The van der Waals surface area contributed by atoms with E-state index in [2.05, 4.69) is 21.7 Å². The van der Waals surface area contributed by atoms with Gasteiger partial charge in [0.15, 0.2) is 11.6 Å². The Kier molecular flexibility index (Phi) is 4.53. The third-order valence-electron chi connectivity index (χ3n) is 3.88. The molecule has 112 valence electrons. The van der Waals surface area contributed by atoms with Crippen LogP contribution in [-0.4, -0.2) is 38.2 Å². The summed E-state index contributed by atoms with van der Waals surface area (Å²) in [6.07, 6.45) is 0. The van der Waals surface area contributed by atoms with Gasteiger partial charge in [0.25, 0.3) is 0 Å². The number of nitrogens with zero attached hydrogens (tertiary/aromatic N) is 1. The highest BCUT2D eigenvalue weighted by atomic mass is 32.1. The van der Waals surface area contributed by atoms with Crippen LogP contribution in [0.1, 0.15) is 17.2 Å². The summed E-state index contributed by atoms with van der Waals surface area (Å²) in [6, 6.07) is 7.42. The van der Waals surface area contributed by atoms with E-state index >= 15 is 0 Å². The van der Waals surface area contributed by atoms with Gasteiger partial charge >= 0.3 is 0 Å². The fourth-order valence-corrected chi connectivity index (χ4v) is 3.53. The van der Waals surface area contributed by atoms with Crippen LogP contribution in [0, 0.1) is 5.82 Å². The van der Waals surface area contributed by atoms with Gasteiger partial charge in [0, 0.05) is 31.7 Å². The summed E-state index contributed by atoms with van der Waals surface area (Å²) in [4.78, 5) is 2.33. The number of piperazine rings is 1. The molecule has 1 aromatic heterocycles. The molecule has 0 radical (unpaired) electrons. The lowest BCUT2D eigenvalue weighted by molar-refractivity contribution is 0.195. The SMILES string of the molecule is COc1cccc([C@H](c2ccsc2)N2CCNCC2)c1F. The third-order valence-corrected chi connectivity index (χ3v) is 4.58. The molecular formula is C16H19FN2OS. The van der Waals surface area contributed by atoms with Crippen molar-refractivity contribution in [1.29, 1.82) is 0 Å². The maximum absolute atomic E-state index is 14.7. The Morgan fingerprint density at radius 3 is 2.76 bits per heavy atom. The Bertz CT molecular complexity index is 582. The standard InChI is InChI=1S/C16H19FN2OS/c1-20-14-4-2-3-13(15(14)17)16(12-5-10-21-11-12)19-8-6-18-7-9-19/h2-5,10-11,16,18H,6-9H2,1H3/t16-/m0/s1. The predicted molar refractivity (Wildman–Crippen MR) is 83.6 cm³/mol. The average molecular weight is 306 g/mol. The maximum atomic E-state index is 14.7. The Balaban J connectivity index is 2.03. The zero-order chi connectivity index (χ0) is 14.7. The minimum Gasteiger partial charge on any atom is -0.494 e. The molecule has 1 N–H and O–H groups in total. The molecule has 3 rings (SSSR count). The summed E-state index contributed by atoms with van der Waals surface area (Å²) in [7, 11) is 1.51. The highest BCUT2D eigenvalue weighted by molar-refractivity contribution is 7.08. The van der Waals surface area contributed by atoms with E-state index < -0.39 is 0 Å². The van der Waals surface area contributed by atoms with E-state index in [4.69, 9.17) is 4.74 Å². The molecule has 21 heavy (non-hydrogen) atoms. The van der Waals surface area contributed by atoms with Crippen LogP contribution in [0.25, 0.3) is 0 Å². The quantitative estimate of drug-likeness (QED) is 0.940. The second kappa shape index (κ2) is 6.56. The number of hydrogen-bond acceptors (Lipinski definition) is 4. The van der Waals surface area contributed by atoms with Gasteiger partial charge in [-0.3, -0.25) is 4.90 Å². The molecular weight excluding hydrogens is 287 g/mol. The highest BCUT2D eigenvalue weighted by Crippen LogP contribution is 2.34. The second-order valence-electron chi connectivity index (χ2n) is 5.11. The molecule has 0 aliphatic carbocycles. The molecule has 0 amide bonds. The van der Waals surface area contributed by atoms with E-state index in [0.717, 1.165) is 31.7 Å². The van der Waals surface area contributed by atoms with Crippen molar-refractivity contribution in [2.45, 2.75) is 6.04 Å². The lowest BCUT2D eigenvalue weighted by Gasteiger charge is -2.35. The molecule has 2 aromatic rings. The molecule has 5 heteroatoms. The van der Waals surface area contributed by atoms with Gasteiger partial charge < -0.3 is 10.1 Å². The van der Waals surface area contributed by atoms with E-state index in [9.17, 15) is 4.39 Å².